The molecule has 0 atom stereocenters. The first kappa shape index (κ1) is 12.7. The van der Waals surface area contributed by atoms with Gasteiger partial charge in [0.05, 0.1) is 16.8 Å². The normalized spacial score (nSPS) is 15.3. The highest BCUT2D eigenvalue weighted by Crippen LogP contribution is 2.36. The fourth-order valence-corrected chi connectivity index (χ4v) is 2.06. The van der Waals surface area contributed by atoms with Crippen LogP contribution in [0.15, 0.2) is 18.2 Å². The lowest BCUT2D eigenvalue weighted by Crippen LogP contribution is -2.26. The quantitative estimate of drug-likeness (QED) is 0.824. The maximum atomic E-state index is 12.6. The van der Waals surface area contributed by atoms with Crippen LogP contribution >= 0.6 is 0 Å². The number of halogens is 3. The summed E-state index contributed by atoms with van der Waals surface area (Å²) >= 11 is 0. The Morgan fingerprint density at radius 1 is 1.39 bits per heavy atom. The van der Waals surface area contributed by atoms with Gasteiger partial charge in [-0.2, -0.15) is 18.4 Å². The topological polar surface area (TPSA) is 27.0 Å². The molecule has 0 radical (unpaired) electrons. The second-order valence-electron chi connectivity index (χ2n) is 4.36. The third-order valence-electron chi connectivity index (χ3n) is 3.08. The van der Waals surface area contributed by atoms with Crippen molar-refractivity contribution in [2.75, 3.05) is 11.4 Å². The highest BCUT2D eigenvalue weighted by atomic mass is 19.4. The third kappa shape index (κ3) is 2.42. The molecule has 2 rings (SSSR count). The summed E-state index contributed by atoms with van der Waals surface area (Å²) in [7, 11) is 0. The van der Waals surface area contributed by atoms with E-state index in [-0.39, 0.29) is 5.56 Å². The van der Waals surface area contributed by atoms with Crippen molar-refractivity contribution < 1.29 is 13.2 Å². The number of anilines is 1. The molecule has 2 nitrogen and oxygen atoms in total. The molecule has 1 aliphatic rings. The Balaban J connectivity index is 2.40. The first-order valence-electron chi connectivity index (χ1n) is 5.85. The zero-order valence-electron chi connectivity index (χ0n) is 9.96. The average molecular weight is 254 g/mol. The van der Waals surface area contributed by atoms with E-state index < -0.39 is 11.7 Å². The summed E-state index contributed by atoms with van der Waals surface area (Å²) in [4.78, 5) is 2.00. The second kappa shape index (κ2) is 4.52. The Bertz CT molecular complexity index is 484. The Labute approximate surface area is 104 Å². The monoisotopic (exact) mass is 254 g/mol. The maximum Gasteiger partial charge on any atom is 0.416 e. The molecule has 1 aromatic rings. The minimum absolute atomic E-state index is 0.0959. The van der Waals surface area contributed by atoms with Crippen molar-refractivity contribution in [2.24, 2.45) is 0 Å². The first-order valence-corrected chi connectivity index (χ1v) is 5.85. The maximum absolute atomic E-state index is 12.6. The molecule has 0 bridgehead atoms. The lowest BCUT2D eigenvalue weighted by molar-refractivity contribution is -0.137. The number of rotatable bonds is 3. The van der Waals surface area contributed by atoms with Gasteiger partial charge in [-0.25, -0.2) is 0 Å². The van der Waals surface area contributed by atoms with Gasteiger partial charge in [-0.05, 0) is 38.0 Å². The summed E-state index contributed by atoms with van der Waals surface area (Å²) in [5.41, 5.74) is -0.0660. The van der Waals surface area contributed by atoms with Crippen LogP contribution in [0, 0.1) is 11.3 Å². The summed E-state index contributed by atoms with van der Waals surface area (Å²) < 4.78 is 37.7. The first-order chi connectivity index (χ1) is 8.47. The Morgan fingerprint density at radius 3 is 2.50 bits per heavy atom. The predicted octanol–water partition coefficient (Wildman–Crippen LogP) is 3.57. The highest BCUT2D eigenvalue weighted by Gasteiger charge is 2.33. The van der Waals surface area contributed by atoms with Crippen LogP contribution in [0.1, 0.15) is 30.9 Å². The van der Waals surface area contributed by atoms with Gasteiger partial charge in [-0.3, -0.25) is 0 Å². The van der Waals surface area contributed by atoms with Crippen LogP contribution in [0.25, 0.3) is 0 Å². The van der Waals surface area contributed by atoms with Crippen LogP contribution in [0.4, 0.5) is 18.9 Å². The van der Waals surface area contributed by atoms with Gasteiger partial charge in [-0.1, -0.05) is 0 Å². The molecule has 0 amide bonds. The fraction of sp³-hybridized carbons (Fsp3) is 0.462. The molecule has 1 aliphatic carbocycles. The Kier molecular flexibility index (Phi) is 3.20. The van der Waals surface area contributed by atoms with E-state index >= 15 is 0 Å². The summed E-state index contributed by atoms with van der Waals surface area (Å²) in [6, 6.07) is 5.62. The number of nitrogens with zero attached hydrogens (tertiary/aromatic N) is 2. The molecule has 0 saturated heterocycles. The standard InChI is InChI=1S/C13H13F3N2/c1-2-18(11-4-5-11)12-6-3-10(13(14,15)16)7-9(12)8-17/h3,6-7,11H,2,4-5H2,1H3. The van der Waals surface area contributed by atoms with Gasteiger partial charge >= 0.3 is 6.18 Å². The van der Waals surface area contributed by atoms with Crippen molar-refractivity contribution >= 4 is 5.69 Å². The van der Waals surface area contributed by atoms with Crippen LogP contribution < -0.4 is 4.90 Å². The molecule has 18 heavy (non-hydrogen) atoms. The van der Waals surface area contributed by atoms with E-state index in [4.69, 9.17) is 5.26 Å². The third-order valence-corrected chi connectivity index (χ3v) is 3.08. The number of nitriles is 1. The number of benzene rings is 1. The van der Waals surface area contributed by atoms with E-state index in [9.17, 15) is 13.2 Å². The second-order valence-corrected chi connectivity index (χ2v) is 4.36. The summed E-state index contributed by atoms with van der Waals surface area (Å²) in [6.45, 7) is 2.64. The molecule has 0 heterocycles. The van der Waals surface area contributed by atoms with Crippen LogP contribution in [0.5, 0.6) is 0 Å². The average Bonchev–Trinajstić information content (AvgIpc) is 3.13. The summed E-state index contributed by atoms with van der Waals surface area (Å²) in [6.07, 6.45) is -2.32. The number of hydrogen-bond acceptors (Lipinski definition) is 2. The molecule has 1 saturated carbocycles. The number of hydrogen-bond donors (Lipinski definition) is 0. The summed E-state index contributed by atoms with van der Waals surface area (Å²) in [5, 5.41) is 9.01. The zero-order valence-corrected chi connectivity index (χ0v) is 9.96. The summed E-state index contributed by atoms with van der Waals surface area (Å²) in [5.74, 6) is 0. The van der Waals surface area contributed by atoms with Crippen LogP contribution in [0.2, 0.25) is 0 Å². The molecule has 1 aromatic carbocycles. The molecule has 5 heteroatoms. The highest BCUT2D eigenvalue weighted by molar-refractivity contribution is 5.62. The van der Waals surface area contributed by atoms with Crippen molar-refractivity contribution in [3.05, 3.63) is 29.3 Å². The van der Waals surface area contributed by atoms with Crippen molar-refractivity contribution in [3.63, 3.8) is 0 Å². The van der Waals surface area contributed by atoms with Gasteiger partial charge in [0.25, 0.3) is 0 Å². The zero-order chi connectivity index (χ0) is 13.3. The van der Waals surface area contributed by atoms with E-state index in [0.29, 0.717) is 18.3 Å². The van der Waals surface area contributed by atoms with Crippen LogP contribution in [-0.4, -0.2) is 12.6 Å². The van der Waals surface area contributed by atoms with Crippen molar-refractivity contribution in [1.82, 2.24) is 0 Å². The van der Waals surface area contributed by atoms with Crippen molar-refractivity contribution in [1.29, 1.82) is 5.26 Å². The van der Waals surface area contributed by atoms with Gasteiger partial charge in [-0.15, -0.1) is 0 Å². The Hall–Kier alpha value is -1.70. The van der Waals surface area contributed by atoms with Crippen molar-refractivity contribution in [3.8, 4) is 6.07 Å². The van der Waals surface area contributed by atoms with E-state index in [2.05, 4.69) is 0 Å². The molecule has 0 N–H and O–H groups in total. The van der Waals surface area contributed by atoms with E-state index in [1.807, 2.05) is 17.9 Å². The molecule has 0 spiro atoms. The lowest BCUT2D eigenvalue weighted by atomic mass is 10.1. The van der Waals surface area contributed by atoms with Crippen LogP contribution in [0.3, 0.4) is 0 Å². The molecule has 1 fully saturated rings. The number of alkyl halides is 3. The molecular formula is C13H13F3N2. The fourth-order valence-electron chi connectivity index (χ4n) is 2.06. The molecular weight excluding hydrogens is 241 g/mol. The van der Waals surface area contributed by atoms with E-state index in [1.165, 1.54) is 6.07 Å². The smallest absolute Gasteiger partial charge is 0.368 e. The minimum atomic E-state index is -4.40. The van der Waals surface area contributed by atoms with Gasteiger partial charge in [0.2, 0.25) is 0 Å². The predicted molar refractivity (Wildman–Crippen MR) is 62.2 cm³/mol. The van der Waals surface area contributed by atoms with E-state index in [1.54, 1.807) is 0 Å². The molecule has 0 aliphatic heterocycles. The van der Waals surface area contributed by atoms with Gasteiger partial charge in [0.15, 0.2) is 0 Å². The molecule has 96 valence electrons. The largest absolute Gasteiger partial charge is 0.416 e. The minimum Gasteiger partial charge on any atom is -0.368 e. The van der Waals surface area contributed by atoms with Crippen LogP contribution in [-0.2, 0) is 6.18 Å². The van der Waals surface area contributed by atoms with Gasteiger partial charge < -0.3 is 4.90 Å². The molecule has 0 aromatic heterocycles. The lowest BCUT2D eigenvalue weighted by Gasteiger charge is -2.24. The van der Waals surface area contributed by atoms with Crippen molar-refractivity contribution in [2.45, 2.75) is 32.0 Å². The van der Waals surface area contributed by atoms with Gasteiger partial charge in [0, 0.05) is 12.6 Å². The molecule has 0 unspecified atom stereocenters. The van der Waals surface area contributed by atoms with E-state index in [0.717, 1.165) is 25.0 Å². The SMILES string of the molecule is CCN(c1ccc(C(F)(F)F)cc1C#N)C1CC1. The Morgan fingerprint density at radius 2 is 2.06 bits per heavy atom. The van der Waals surface area contributed by atoms with Gasteiger partial charge in [0.1, 0.15) is 6.07 Å².